The van der Waals surface area contributed by atoms with Gasteiger partial charge in [-0.15, -0.1) is 11.8 Å². The molecule has 1 N–H and O–H groups in total. The maximum atomic E-state index is 12.3. The van der Waals surface area contributed by atoms with Gasteiger partial charge in [0.15, 0.2) is 0 Å². The molecule has 0 atom stereocenters. The number of nitriles is 1. The van der Waals surface area contributed by atoms with Crippen LogP contribution in [0.25, 0.3) is 10.8 Å². The first-order valence-corrected chi connectivity index (χ1v) is 10.5. The van der Waals surface area contributed by atoms with Crippen LogP contribution in [0.3, 0.4) is 0 Å². The van der Waals surface area contributed by atoms with Gasteiger partial charge < -0.3 is 5.32 Å². The Morgan fingerprint density at radius 1 is 1.14 bits per heavy atom. The zero-order valence-electron chi connectivity index (χ0n) is 15.9. The van der Waals surface area contributed by atoms with Crippen molar-refractivity contribution in [2.24, 2.45) is 0 Å². The van der Waals surface area contributed by atoms with Gasteiger partial charge in [-0.05, 0) is 47.9 Å². The second-order valence-electron chi connectivity index (χ2n) is 6.58. The quantitative estimate of drug-likeness (QED) is 0.512. The third-order valence-corrected chi connectivity index (χ3v) is 5.42. The molecular formula is C23H23N3OS. The molecule has 28 heavy (non-hydrogen) atoms. The van der Waals surface area contributed by atoms with Crippen LogP contribution in [0.4, 0.5) is 5.69 Å². The van der Waals surface area contributed by atoms with E-state index in [0.717, 1.165) is 46.4 Å². The summed E-state index contributed by atoms with van der Waals surface area (Å²) in [7, 11) is 0. The monoisotopic (exact) mass is 389 g/mol. The molecule has 0 aliphatic heterocycles. The first kappa shape index (κ1) is 19.9. The van der Waals surface area contributed by atoms with Gasteiger partial charge in [-0.2, -0.15) is 5.26 Å². The fourth-order valence-corrected chi connectivity index (χ4v) is 3.83. The molecule has 1 aromatic heterocycles. The van der Waals surface area contributed by atoms with E-state index in [2.05, 4.69) is 23.3 Å². The van der Waals surface area contributed by atoms with E-state index in [0.29, 0.717) is 17.7 Å². The molecule has 0 radical (unpaired) electrons. The number of carbonyl (C=O) groups excluding carboxylic acids is 1. The normalized spacial score (nSPS) is 10.6. The van der Waals surface area contributed by atoms with Gasteiger partial charge in [0.1, 0.15) is 11.1 Å². The number of hydrogen-bond donors (Lipinski definition) is 1. The van der Waals surface area contributed by atoms with Gasteiger partial charge in [0.25, 0.3) is 0 Å². The minimum Gasteiger partial charge on any atom is -0.326 e. The van der Waals surface area contributed by atoms with Crippen LogP contribution in [0.1, 0.15) is 37.4 Å². The van der Waals surface area contributed by atoms with Gasteiger partial charge in [0, 0.05) is 23.6 Å². The Bertz CT molecular complexity index is 1010. The summed E-state index contributed by atoms with van der Waals surface area (Å²) in [4.78, 5) is 16.9. The topological polar surface area (TPSA) is 65.8 Å². The molecule has 3 rings (SSSR count). The molecule has 0 saturated carbocycles. The van der Waals surface area contributed by atoms with Crippen LogP contribution in [0.5, 0.6) is 0 Å². The molecule has 0 bridgehead atoms. The maximum Gasteiger partial charge on any atom is 0.225 e. The highest BCUT2D eigenvalue weighted by molar-refractivity contribution is 7.99. The lowest BCUT2D eigenvalue weighted by Crippen LogP contribution is -2.12. The minimum atomic E-state index is -0.0385. The summed E-state index contributed by atoms with van der Waals surface area (Å²) in [5, 5.41) is 15.2. The average molecular weight is 390 g/mol. The lowest BCUT2D eigenvalue weighted by atomic mass is 10.1. The number of amides is 1. The fraction of sp³-hybridized carbons (Fsp3) is 0.261. The van der Waals surface area contributed by atoms with Crippen LogP contribution in [-0.4, -0.2) is 16.6 Å². The fourth-order valence-electron chi connectivity index (χ4n) is 2.90. The van der Waals surface area contributed by atoms with Crippen LogP contribution in [0, 0.1) is 11.3 Å². The van der Waals surface area contributed by atoms with Crippen LogP contribution in [-0.2, 0) is 11.2 Å². The summed E-state index contributed by atoms with van der Waals surface area (Å²) >= 11 is 1.47. The number of carbonyl (C=O) groups is 1. The third-order valence-electron chi connectivity index (χ3n) is 4.43. The number of anilines is 1. The minimum absolute atomic E-state index is 0.0385. The summed E-state index contributed by atoms with van der Waals surface area (Å²) in [6.45, 7) is 2.15. The standard InChI is InChI=1S/C23H23N3OS/c1-2-3-8-20-11-10-19(16-24)23(26-20)28-14-13-22(27)25-21-12-9-17-6-4-5-7-18(17)15-21/h4-7,9-12,15H,2-3,8,13-14H2,1H3,(H,25,27). The number of rotatable bonds is 8. The molecule has 0 fully saturated rings. The Morgan fingerprint density at radius 2 is 1.96 bits per heavy atom. The maximum absolute atomic E-state index is 12.3. The number of unbranched alkanes of at least 4 members (excludes halogenated alkanes) is 1. The smallest absolute Gasteiger partial charge is 0.225 e. The summed E-state index contributed by atoms with van der Waals surface area (Å²) in [5.41, 5.74) is 2.37. The molecule has 2 aromatic carbocycles. The molecule has 3 aromatic rings. The first-order chi connectivity index (χ1) is 13.7. The molecule has 0 aliphatic rings. The highest BCUT2D eigenvalue weighted by Gasteiger charge is 2.09. The van der Waals surface area contributed by atoms with Gasteiger partial charge in [0.2, 0.25) is 5.91 Å². The van der Waals surface area contributed by atoms with Crippen LogP contribution < -0.4 is 5.32 Å². The zero-order chi connectivity index (χ0) is 19.8. The number of thioether (sulfide) groups is 1. The molecule has 0 unspecified atom stereocenters. The average Bonchev–Trinajstić information content (AvgIpc) is 2.72. The molecule has 0 saturated heterocycles. The Balaban J connectivity index is 1.56. The van der Waals surface area contributed by atoms with Crippen LogP contribution in [0.15, 0.2) is 59.6 Å². The number of fused-ring (bicyclic) bond motifs is 1. The van der Waals surface area contributed by atoms with Gasteiger partial charge in [-0.1, -0.05) is 43.7 Å². The lowest BCUT2D eigenvalue weighted by molar-refractivity contribution is -0.115. The number of nitrogens with one attached hydrogen (secondary N) is 1. The van der Waals surface area contributed by atoms with Crippen molar-refractivity contribution in [3.05, 3.63) is 65.9 Å². The zero-order valence-corrected chi connectivity index (χ0v) is 16.8. The van der Waals surface area contributed by atoms with Crippen molar-refractivity contribution in [3.63, 3.8) is 0 Å². The number of hydrogen-bond acceptors (Lipinski definition) is 4. The second-order valence-corrected chi connectivity index (χ2v) is 7.66. The van der Waals surface area contributed by atoms with Crippen molar-refractivity contribution in [1.82, 2.24) is 4.98 Å². The van der Waals surface area contributed by atoms with Crippen molar-refractivity contribution in [2.45, 2.75) is 37.6 Å². The van der Waals surface area contributed by atoms with Crippen molar-refractivity contribution < 1.29 is 4.79 Å². The van der Waals surface area contributed by atoms with Gasteiger partial charge in [0.05, 0.1) is 5.56 Å². The van der Waals surface area contributed by atoms with E-state index in [1.807, 2.05) is 54.6 Å². The highest BCUT2D eigenvalue weighted by atomic mass is 32.2. The van der Waals surface area contributed by atoms with Crippen molar-refractivity contribution in [1.29, 1.82) is 5.26 Å². The van der Waals surface area contributed by atoms with E-state index in [4.69, 9.17) is 0 Å². The van der Waals surface area contributed by atoms with Crippen molar-refractivity contribution in [2.75, 3.05) is 11.1 Å². The molecule has 5 heteroatoms. The largest absolute Gasteiger partial charge is 0.326 e. The molecule has 142 valence electrons. The number of pyridine rings is 1. The van der Waals surface area contributed by atoms with E-state index in [9.17, 15) is 10.1 Å². The number of aromatic nitrogens is 1. The molecule has 1 amide bonds. The summed E-state index contributed by atoms with van der Waals surface area (Å²) < 4.78 is 0. The summed E-state index contributed by atoms with van der Waals surface area (Å²) in [5.74, 6) is 0.543. The van der Waals surface area contributed by atoms with E-state index in [1.54, 1.807) is 0 Å². The lowest BCUT2D eigenvalue weighted by Gasteiger charge is -2.08. The first-order valence-electron chi connectivity index (χ1n) is 9.51. The Morgan fingerprint density at radius 3 is 2.75 bits per heavy atom. The van der Waals surface area contributed by atoms with E-state index >= 15 is 0 Å². The SMILES string of the molecule is CCCCc1ccc(C#N)c(SCCC(=O)Nc2ccc3ccccc3c2)n1. The van der Waals surface area contributed by atoms with E-state index in [1.165, 1.54) is 11.8 Å². The summed E-state index contributed by atoms with van der Waals surface area (Å²) in [6, 6.07) is 19.9. The molecule has 0 spiro atoms. The number of nitrogens with zero attached hydrogens (tertiary/aromatic N) is 2. The van der Waals surface area contributed by atoms with Gasteiger partial charge in [-0.3, -0.25) is 4.79 Å². The molecule has 4 nitrogen and oxygen atoms in total. The molecular weight excluding hydrogens is 366 g/mol. The Hall–Kier alpha value is -2.84. The van der Waals surface area contributed by atoms with Crippen molar-refractivity contribution >= 4 is 34.1 Å². The number of benzene rings is 2. The van der Waals surface area contributed by atoms with E-state index in [-0.39, 0.29) is 5.91 Å². The van der Waals surface area contributed by atoms with Gasteiger partial charge >= 0.3 is 0 Å². The third kappa shape index (κ3) is 5.34. The molecule has 1 heterocycles. The molecule has 0 aliphatic carbocycles. The predicted molar refractivity (Wildman–Crippen MR) is 115 cm³/mol. The van der Waals surface area contributed by atoms with E-state index < -0.39 is 0 Å². The van der Waals surface area contributed by atoms with Crippen molar-refractivity contribution in [3.8, 4) is 6.07 Å². The van der Waals surface area contributed by atoms with Crippen LogP contribution in [0.2, 0.25) is 0 Å². The second kappa shape index (κ2) is 9.91. The Kier molecular flexibility index (Phi) is 7.05. The van der Waals surface area contributed by atoms with Gasteiger partial charge in [-0.25, -0.2) is 4.98 Å². The summed E-state index contributed by atoms with van der Waals surface area (Å²) in [6.07, 6.45) is 3.47. The highest BCUT2D eigenvalue weighted by Crippen LogP contribution is 2.23. The predicted octanol–water partition coefficient (Wildman–Crippen LogP) is 5.57. The number of aryl methyl sites for hydroxylation is 1. The Labute approximate surface area is 170 Å². The van der Waals surface area contributed by atoms with Crippen LogP contribution >= 0.6 is 11.8 Å².